The Hall–Kier alpha value is -1.06. The maximum Gasteiger partial charge on any atom is 0.196 e. The van der Waals surface area contributed by atoms with Gasteiger partial charge in [-0.25, -0.2) is 0 Å². The van der Waals surface area contributed by atoms with Gasteiger partial charge >= 0.3 is 0 Å². The second-order valence-corrected chi connectivity index (χ2v) is 8.55. The Morgan fingerprint density at radius 2 is 1.64 bits per heavy atom. The van der Waals surface area contributed by atoms with Gasteiger partial charge in [0.1, 0.15) is 5.75 Å². The molecule has 0 saturated heterocycles. The van der Waals surface area contributed by atoms with E-state index in [0.717, 1.165) is 31.7 Å². The molecule has 1 N–H and O–H groups in total. The summed E-state index contributed by atoms with van der Waals surface area (Å²) in [7, 11) is 1.97. The van der Waals surface area contributed by atoms with Gasteiger partial charge in [0.15, 0.2) is 6.29 Å². The first-order valence-electron chi connectivity index (χ1n) is 9.75. The molecule has 2 unspecified atom stereocenters. The molecule has 0 aliphatic heterocycles. The Morgan fingerprint density at radius 1 is 1.00 bits per heavy atom. The van der Waals surface area contributed by atoms with E-state index in [2.05, 4.69) is 64.2 Å². The van der Waals surface area contributed by atoms with Crippen LogP contribution in [0.2, 0.25) is 0 Å². The molecule has 1 rings (SSSR count). The fourth-order valence-electron chi connectivity index (χ4n) is 3.07. The predicted molar refractivity (Wildman–Crippen MR) is 107 cm³/mol. The van der Waals surface area contributed by atoms with Gasteiger partial charge in [0.2, 0.25) is 0 Å². The molecule has 0 fully saturated rings. The van der Waals surface area contributed by atoms with Gasteiger partial charge in [-0.2, -0.15) is 0 Å². The predicted octanol–water partition coefficient (Wildman–Crippen LogP) is 5.60. The van der Waals surface area contributed by atoms with Crippen molar-refractivity contribution in [3.05, 3.63) is 29.8 Å². The molecule has 25 heavy (non-hydrogen) atoms. The number of rotatable bonds is 11. The quantitative estimate of drug-likeness (QED) is 0.416. The fraction of sp³-hybridized carbons (Fsp3) is 0.727. The molecule has 0 bridgehead atoms. The van der Waals surface area contributed by atoms with E-state index in [0.29, 0.717) is 17.3 Å². The van der Waals surface area contributed by atoms with Gasteiger partial charge in [-0.1, -0.05) is 46.8 Å². The third kappa shape index (κ3) is 9.27. The van der Waals surface area contributed by atoms with Gasteiger partial charge in [0.25, 0.3) is 0 Å². The summed E-state index contributed by atoms with van der Waals surface area (Å²) in [5.74, 6) is 2.09. The average Bonchev–Trinajstić information content (AvgIpc) is 2.52. The summed E-state index contributed by atoms with van der Waals surface area (Å²) in [5.41, 5.74) is 1.73. The molecule has 144 valence electrons. The minimum Gasteiger partial charge on any atom is -0.465 e. The van der Waals surface area contributed by atoms with Crippen LogP contribution in [0.3, 0.4) is 0 Å². The van der Waals surface area contributed by atoms with E-state index in [-0.39, 0.29) is 6.29 Å². The summed E-state index contributed by atoms with van der Waals surface area (Å²) in [6.07, 6.45) is 3.16. The van der Waals surface area contributed by atoms with Crippen molar-refractivity contribution < 1.29 is 9.47 Å². The third-order valence-electron chi connectivity index (χ3n) is 4.42. The molecule has 3 nitrogen and oxygen atoms in total. The highest BCUT2D eigenvalue weighted by Gasteiger charge is 2.23. The van der Waals surface area contributed by atoms with Gasteiger partial charge in [0.05, 0.1) is 6.61 Å². The highest BCUT2D eigenvalue weighted by molar-refractivity contribution is 5.30. The molecule has 1 aromatic carbocycles. The number of nitrogens with one attached hydrogen (secondary N) is 1. The summed E-state index contributed by atoms with van der Waals surface area (Å²) in [6, 6.07) is 8.58. The minimum absolute atomic E-state index is 0.212. The van der Waals surface area contributed by atoms with Gasteiger partial charge in [0, 0.05) is 0 Å². The second kappa shape index (κ2) is 10.8. The van der Waals surface area contributed by atoms with Crippen molar-refractivity contribution in [1.82, 2.24) is 5.32 Å². The zero-order chi connectivity index (χ0) is 18.9. The number of benzene rings is 1. The number of unbranched alkanes of at least 4 members (excludes halogenated alkanes) is 1. The lowest BCUT2D eigenvalue weighted by Gasteiger charge is -2.29. The van der Waals surface area contributed by atoms with Crippen LogP contribution >= 0.6 is 0 Å². The van der Waals surface area contributed by atoms with E-state index >= 15 is 0 Å². The van der Waals surface area contributed by atoms with Crippen LogP contribution in [0.5, 0.6) is 5.75 Å². The first-order chi connectivity index (χ1) is 11.7. The van der Waals surface area contributed by atoms with E-state index in [4.69, 9.17) is 9.47 Å². The molecule has 0 aromatic heterocycles. The molecule has 0 spiro atoms. The molecule has 3 heteroatoms. The Morgan fingerprint density at radius 3 is 2.16 bits per heavy atom. The van der Waals surface area contributed by atoms with Crippen LogP contribution in [-0.2, 0) is 4.74 Å². The van der Waals surface area contributed by atoms with Gasteiger partial charge in [-0.3, -0.25) is 0 Å². The molecule has 0 aliphatic carbocycles. The molecule has 1 aromatic rings. The Labute approximate surface area is 155 Å². The summed E-state index contributed by atoms with van der Waals surface area (Å²) < 4.78 is 11.6. The lowest BCUT2D eigenvalue weighted by Crippen LogP contribution is -2.18. The topological polar surface area (TPSA) is 30.5 Å². The van der Waals surface area contributed by atoms with Gasteiger partial charge in [-0.05, 0) is 74.7 Å². The van der Waals surface area contributed by atoms with Crippen molar-refractivity contribution in [2.24, 2.45) is 11.3 Å². The van der Waals surface area contributed by atoms with Crippen LogP contribution in [-0.4, -0.2) is 26.5 Å². The van der Waals surface area contributed by atoms with Crippen molar-refractivity contribution in [2.45, 2.75) is 73.0 Å². The average molecular weight is 350 g/mol. The summed E-state index contributed by atoms with van der Waals surface area (Å²) in [4.78, 5) is 0. The van der Waals surface area contributed by atoms with E-state index in [1.54, 1.807) is 0 Å². The van der Waals surface area contributed by atoms with E-state index in [1.165, 1.54) is 12.0 Å². The standard InChI is InChI=1S/C22H39NO2/c1-17(2)21(16-22(4,5)6)19-10-12-20(13-11-19)25-18(3)24-15-9-8-14-23-7/h10-13,17-18,21,23H,8-9,14-16H2,1-7H3. The number of hydrogen-bond donors (Lipinski definition) is 1. The summed E-state index contributed by atoms with van der Waals surface area (Å²) in [5, 5.41) is 3.14. The van der Waals surface area contributed by atoms with E-state index in [9.17, 15) is 0 Å². The lowest BCUT2D eigenvalue weighted by atomic mass is 9.76. The van der Waals surface area contributed by atoms with Crippen molar-refractivity contribution >= 4 is 0 Å². The molecule has 0 heterocycles. The maximum absolute atomic E-state index is 5.88. The Bertz CT molecular complexity index is 462. The Balaban J connectivity index is 2.54. The van der Waals surface area contributed by atoms with Crippen molar-refractivity contribution in [2.75, 3.05) is 20.2 Å². The van der Waals surface area contributed by atoms with Gasteiger partial charge < -0.3 is 14.8 Å². The zero-order valence-electron chi connectivity index (χ0n) is 17.4. The molecule has 0 radical (unpaired) electrons. The van der Waals surface area contributed by atoms with E-state index in [1.807, 2.05) is 14.0 Å². The third-order valence-corrected chi connectivity index (χ3v) is 4.42. The first kappa shape index (κ1) is 22.0. The highest BCUT2D eigenvalue weighted by atomic mass is 16.7. The molecule has 0 saturated carbocycles. The SMILES string of the molecule is CNCCCCOC(C)Oc1ccc(C(CC(C)(C)C)C(C)C)cc1. The second-order valence-electron chi connectivity index (χ2n) is 8.55. The van der Waals surface area contributed by atoms with Crippen LogP contribution in [0.4, 0.5) is 0 Å². The van der Waals surface area contributed by atoms with Crippen molar-refractivity contribution in [1.29, 1.82) is 0 Å². The molecule has 0 aliphatic rings. The summed E-state index contributed by atoms with van der Waals surface area (Å²) >= 11 is 0. The van der Waals surface area contributed by atoms with Crippen LogP contribution in [0.25, 0.3) is 0 Å². The highest BCUT2D eigenvalue weighted by Crippen LogP contribution is 2.36. The lowest BCUT2D eigenvalue weighted by molar-refractivity contribution is -0.0675. The zero-order valence-corrected chi connectivity index (χ0v) is 17.4. The smallest absolute Gasteiger partial charge is 0.196 e. The molecule has 2 atom stereocenters. The largest absolute Gasteiger partial charge is 0.465 e. The normalized spacial score (nSPS) is 14.6. The first-order valence-corrected chi connectivity index (χ1v) is 9.75. The van der Waals surface area contributed by atoms with Crippen LogP contribution in [0.1, 0.15) is 72.3 Å². The van der Waals surface area contributed by atoms with Gasteiger partial charge in [-0.15, -0.1) is 0 Å². The maximum atomic E-state index is 5.88. The summed E-state index contributed by atoms with van der Waals surface area (Å²) in [6.45, 7) is 15.3. The monoisotopic (exact) mass is 349 g/mol. The minimum atomic E-state index is -0.212. The number of hydrogen-bond acceptors (Lipinski definition) is 3. The van der Waals surface area contributed by atoms with Crippen LogP contribution < -0.4 is 10.1 Å². The van der Waals surface area contributed by atoms with Crippen LogP contribution in [0, 0.1) is 11.3 Å². The van der Waals surface area contributed by atoms with E-state index < -0.39 is 0 Å². The van der Waals surface area contributed by atoms with Crippen molar-refractivity contribution in [3.8, 4) is 5.75 Å². The molecular weight excluding hydrogens is 310 g/mol. The fourth-order valence-corrected chi connectivity index (χ4v) is 3.07. The van der Waals surface area contributed by atoms with Crippen molar-refractivity contribution in [3.63, 3.8) is 0 Å². The molecular formula is C22H39NO2. The molecule has 0 amide bonds. The number of ether oxygens (including phenoxy) is 2. The Kier molecular flexibility index (Phi) is 9.52. The van der Waals surface area contributed by atoms with Crippen LogP contribution in [0.15, 0.2) is 24.3 Å².